The van der Waals surface area contributed by atoms with Gasteiger partial charge in [-0.05, 0) is 61.4 Å². The number of nitrogens with two attached hydrogens (primary N) is 1. The van der Waals surface area contributed by atoms with Gasteiger partial charge in [-0.15, -0.1) is 5.10 Å². The Morgan fingerprint density at radius 2 is 1.88 bits per heavy atom. The average molecular weight is 472 g/mol. The van der Waals surface area contributed by atoms with Gasteiger partial charge in [0.1, 0.15) is 11.6 Å². The second-order valence-corrected chi connectivity index (χ2v) is 9.33. The molecule has 33 heavy (non-hydrogen) atoms. The van der Waals surface area contributed by atoms with Crippen LogP contribution in [-0.4, -0.2) is 37.2 Å². The lowest BCUT2D eigenvalue weighted by Crippen LogP contribution is -2.41. The van der Waals surface area contributed by atoms with Crippen molar-refractivity contribution >= 4 is 27.4 Å². The SMILES string of the molecule is NS(=O)(=O)c1ccc(NC(=O)[C@@H]2CCCN(c3ccc(=O)n(-c4cccc(F)c4)n3)C2)cc1. The summed E-state index contributed by atoms with van der Waals surface area (Å²) >= 11 is 0. The standard InChI is InChI=1S/C22H22FN5O4S/c23-16-4-1-5-18(13-16)28-21(29)11-10-20(26-28)27-12-2-3-15(14-27)22(30)25-17-6-8-19(9-7-17)33(24,31)32/h1,4-11,13,15H,2-3,12,14H2,(H,25,30)(H2,24,31,32)/t15-/m1/s1. The lowest BCUT2D eigenvalue weighted by Gasteiger charge is -2.32. The topological polar surface area (TPSA) is 127 Å². The first-order valence-corrected chi connectivity index (χ1v) is 11.8. The number of benzene rings is 2. The first-order chi connectivity index (χ1) is 15.7. The summed E-state index contributed by atoms with van der Waals surface area (Å²) in [6.07, 6.45) is 1.41. The van der Waals surface area contributed by atoms with Gasteiger partial charge in [-0.2, -0.15) is 4.68 Å². The van der Waals surface area contributed by atoms with Gasteiger partial charge in [0, 0.05) is 24.8 Å². The van der Waals surface area contributed by atoms with Crippen LogP contribution in [0.3, 0.4) is 0 Å². The number of carbonyl (C=O) groups is 1. The molecule has 1 fully saturated rings. The van der Waals surface area contributed by atoms with Gasteiger partial charge < -0.3 is 10.2 Å². The van der Waals surface area contributed by atoms with Crippen LogP contribution in [0, 0.1) is 11.7 Å². The fourth-order valence-electron chi connectivity index (χ4n) is 3.73. The molecule has 0 unspecified atom stereocenters. The molecule has 2 aromatic carbocycles. The number of hydrogen-bond donors (Lipinski definition) is 2. The molecule has 1 aliphatic rings. The summed E-state index contributed by atoms with van der Waals surface area (Å²) in [5, 5.41) is 12.3. The first kappa shape index (κ1) is 22.6. The van der Waals surface area contributed by atoms with Gasteiger partial charge in [-0.3, -0.25) is 9.59 Å². The lowest BCUT2D eigenvalue weighted by molar-refractivity contribution is -0.120. The lowest BCUT2D eigenvalue weighted by atomic mass is 9.97. The highest BCUT2D eigenvalue weighted by Crippen LogP contribution is 2.23. The highest BCUT2D eigenvalue weighted by molar-refractivity contribution is 7.89. The van der Waals surface area contributed by atoms with Gasteiger partial charge in [-0.1, -0.05) is 6.07 Å². The molecule has 9 nitrogen and oxygen atoms in total. The number of aromatic nitrogens is 2. The molecule has 0 radical (unpaired) electrons. The van der Waals surface area contributed by atoms with E-state index in [1.807, 2.05) is 4.90 Å². The fraction of sp³-hybridized carbons (Fsp3) is 0.227. The Balaban J connectivity index is 1.49. The largest absolute Gasteiger partial charge is 0.354 e. The molecular weight excluding hydrogens is 449 g/mol. The van der Waals surface area contributed by atoms with Crippen LogP contribution >= 0.6 is 0 Å². The van der Waals surface area contributed by atoms with Crippen molar-refractivity contribution in [2.45, 2.75) is 17.7 Å². The summed E-state index contributed by atoms with van der Waals surface area (Å²) in [6.45, 7) is 1.04. The molecule has 4 rings (SSSR count). The molecule has 0 saturated carbocycles. The summed E-state index contributed by atoms with van der Waals surface area (Å²) < 4.78 is 37.5. The molecule has 0 bridgehead atoms. The van der Waals surface area contributed by atoms with Crippen LogP contribution in [0.4, 0.5) is 15.9 Å². The highest BCUT2D eigenvalue weighted by Gasteiger charge is 2.27. The Hall–Kier alpha value is -3.57. The Labute approximate surface area is 189 Å². The molecule has 1 aliphatic heterocycles. The van der Waals surface area contributed by atoms with Crippen molar-refractivity contribution in [2.24, 2.45) is 11.1 Å². The fourth-order valence-corrected chi connectivity index (χ4v) is 4.25. The van der Waals surface area contributed by atoms with Crippen molar-refractivity contribution in [3.63, 3.8) is 0 Å². The third kappa shape index (κ3) is 5.26. The van der Waals surface area contributed by atoms with E-state index in [-0.39, 0.29) is 16.7 Å². The number of sulfonamides is 1. The van der Waals surface area contributed by atoms with Gasteiger partial charge >= 0.3 is 0 Å². The van der Waals surface area contributed by atoms with Crippen LogP contribution in [-0.2, 0) is 14.8 Å². The zero-order valence-electron chi connectivity index (χ0n) is 17.5. The Kier molecular flexibility index (Phi) is 6.25. The Morgan fingerprint density at radius 3 is 2.58 bits per heavy atom. The Morgan fingerprint density at radius 1 is 1.12 bits per heavy atom. The van der Waals surface area contributed by atoms with E-state index in [0.29, 0.717) is 36.7 Å². The van der Waals surface area contributed by atoms with E-state index >= 15 is 0 Å². The minimum atomic E-state index is -3.81. The molecule has 1 amide bonds. The summed E-state index contributed by atoms with van der Waals surface area (Å²) in [7, 11) is -3.81. The van der Waals surface area contributed by atoms with Crippen LogP contribution in [0.15, 0.2) is 70.4 Å². The third-order valence-electron chi connectivity index (χ3n) is 5.41. The minimum absolute atomic E-state index is 0.0381. The number of piperidine rings is 1. The smallest absolute Gasteiger partial charge is 0.271 e. The number of nitrogens with one attached hydrogen (secondary N) is 1. The van der Waals surface area contributed by atoms with E-state index in [0.717, 1.165) is 11.1 Å². The number of anilines is 2. The number of primary sulfonamides is 1. The molecule has 1 aromatic heterocycles. The van der Waals surface area contributed by atoms with Gasteiger partial charge in [0.2, 0.25) is 15.9 Å². The molecular formula is C22H22FN5O4S. The quantitative estimate of drug-likeness (QED) is 0.585. The normalized spacial score (nSPS) is 16.4. The summed E-state index contributed by atoms with van der Waals surface area (Å²) in [6, 6.07) is 14.2. The summed E-state index contributed by atoms with van der Waals surface area (Å²) in [5.41, 5.74) is 0.386. The molecule has 11 heteroatoms. The Bertz CT molecular complexity index is 1340. The molecule has 1 atom stereocenters. The van der Waals surface area contributed by atoms with Crippen LogP contribution in [0.25, 0.3) is 5.69 Å². The monoisotopic (exact) mass is 471 g/mol. The maximum atomic E-state index is 13.6. The van der Waals surface area contributed by atoms with Gasteiger partial charge in [0.25, 0.3) is 5.56 Å². The molecule has 1 saturated heterocycles. The molecule has 0 aliphatic carbocycles. The number of carbonyl (C=O) groups excluding carboxylic acids is 1. The van der Waals surface area contributed by atoms with Crippen LogP contribution < -0.4 is 20.9 Å². The number of hydrogen-bond acceptors (Lipinski definition) is 6. The van der Waals surface area contributed by atoms with E-state index < -0.39 is 21.4 Å². The van der Waals surface area contributed by atoms with Crippen LogP contribution in [0.1, 0.15) is 12.8 Å². The highest BCUT2D eigenvalue weighted by atomic mass is 32.2. The van der Waals surface area contributed by atoms with Crippen molar-refractivity contribution in [2.75, 3.05) is 23.3 Å². The van der Waals surface area contributed by atoms with Crippen LogP contribution in [0.5, 0.6) is 0 Å². The van der Waals surface area contributed by atoms with Gasteiger partial charge in [0.15, 0.2) is 0 Å². The van der Waals surface area contributed by atoms with Gasteiger partial charge in [-0.25, -0.2) is 17.9 Å². The van der Waals surface area contributed by atoms with E-state index in [9.17, 15) is 22.4 Å². The van der Waals surface area contributed by atoms with Gasteiger partial charge in [0.05, 0.1) is 16.5 Å². The molecule has 3 N–H and O–H groups in total. The van der Waals surface area contributed by atoms with Crippen molar-refractivity contribution in [3.8, 4) is 5.69 Å². The third-order valence-corrected chi connectivity index (χ3v) is 6.33. The van der Waals surface area contributed by atoms with Crippen molar-refractivity contribution in [1.82, 2.24) is 9.78 Å². The number of rotatable bonds is 5. The van der Waals surface area contributed by atoms with Crippen LogP contribution in [0.2, 0.25) is 0 Å². The number of amides is 1. The first-order valence-electron chi connectivity index (χ1n) is 10.3. The zero-order valence-corrected chi connectivity index (χ0v) is 18.3. The molecule has 3 aromatic rings. The minimum Gasteiger partial charge on any atom is -0.354 e. The maximum Gasteiger partial charge on any atom is 0.271 e. The summed E-state index contributed by atoms with van der Waals surface area (Å²) in [4.78, 5) is 27.0. The van der Waals surface area contributed by atoms with E-state index in [4.69, 9.17) is 5.14 Å². The van der Waals surface area contributed by atoms with E-state index in [2.05, 4.69) is 10.4 Å². The van der Waals surface area contributed by atoms with Crippen molar-refractivity contribution in [3.05, 3.63) is 76.8 Å². The predicted molar refractivity (Wildman–Crippen MR) is 121 cm³/mol. The summed E-state index contributed by atoms with van der Waals surface area (Å²) in [5.74, 6) is -0.512. The molecule has 2 heterocycles. The average Bonchev–Trinajstić information content (AvgIpc) is 2.79. The second kappa shape index (κ2) is 9.12. The zero-order chi connectivity index (χ0) is 23.6. The second-order valence-electron chi connectivity index (χ2n) is 7.77. The number of halogens is 1. The predicted octanol–water partition coefficient (Wildman–Crippen LogP) is 1.87. The van der Waals surface area contributed by atoms with Crippen molar-refractivity contribution < 1.29 is 17.6 Å². The maximum absolute atomic E-state index is 13.6. The molecule has 0 spiro atoms. The van der Waals surface area contributed by atoms with E-state index in [1.165, 1.54) is 48.5 Å². The molecule has 172 valence electrons. The van der Waals surface area contributed by atoms with E-state index in [1.54, 1.807) is 12.1 Å². The number of nitrogens with zero attached hydrogens (tertiary/aromatic N) is 3. The van der Waals surface area contributed by atoms with Crippen molar-refractivity contribution in [1.29, 1.82) is 0 Å².